The molecule has 2 aromatic carbocycles. The molecular formula is C16H16FNO2S. The molecule has 0 spiro atoms. The second-order valence-electron chi connectivity index (χ2n) is 5.30. The van der Waals surface area contributed by atoms with E-state index in [-0.39, 0.29) is 10.9 Å². The Balaban J connectivity index is 1.89. The molecule has 1 fully saturated rings. The van der Waals surface area contributed by atoms with E-state index >= 15 is 0 Å². The highest BCUT2D eigenvalue weighted by atomic mass is 32.2. The zero-order chi connectivity index (χ0) is 14.9. The topological polar surface area (TPSA) is 46.2 Å². The van der Waals surface area contributed by atoms with Gasteiger partial charge in [-0.2, -0.15) is 0 Å². The van der Waals surface area contributed by atoms with E-state index < -0.39 is 15.8 Å². The van der Waals surface area contributed by atoms with E-state index in [1.807, 2.05) is 30.3 Å². The smallest absolute Gasteiger partial charge is 0.207 e. The molecule has 1 saturated carbocycles. The Morgan fingerprint density at radius 1 is 1.05 bits per heavy atom. The maximum absolute atomic E-state index is 13.2. The summed E-state index contributed by atoms with van der Waals surface area (Å²) < 4.78 is 40.8. The lowest BCUT2D eigenvalue weighted by atomic mass is 10.0. The van der Waals surface area contributed by atoms with Crippen LogP contribution in [0.4, 0.5) is 4.39 Å². The van der Waals surface area contributed by atoms with Gasteiger partial charge in [0.25, 0.3) is 0 Å². The van der Waals surface area contributed by atoms with Crippen molar-refractivity contribution in [3.63, 3.8) is 0 Å². The van der Waals surface area contributed by atoms with Gasteiger partial charge in [-0.05, 0) is 42.5 Å². The molecule has 0 amide bonds. The molecule has 1 atom stereocenters. The third-order valence-electron chi connectivity index (χ3n) is 3.64. The van der Waals surface area contributed by atoms with E-state index in [4.69, 9.17) is 0 Å². The summed E-state index contributed by atoms with van der Waals surface area (Å²) in [7, 11) is -3.73. The molecule has 0 saturated heterocycles. The number of hydrogen-bond donors (Lipinski definition) is 1. The van der Waals surface area contributed by atoms with Crippen LogP contribution in [0.25, 0.3) is 0 Å². The maximum atomic E-state index is 13.2. The van der Waals surface area contributed by atoms with Crippen LogP contribution in [0.3, 0.4) is 0 Å². The SMILES string of the molecule is O=S(=O)(NC(c1ccccc1)C1CC1)c1cccc(F)c1. The van der Waals surface area contributed by atoms with Crippen molar-refractivity contribution in [2.24, 2.45) is 5.92 Å². The molecule has 1 aliphatic carbocycles. The molecule has 1 aliphatic rings. The molecule has 0 aliphatic heterocycles. The summed E-state index contributed by atoms with van der Waals surface area (Å²) in [5, 5.41) is 0. The minimum absolute atomic E-state index is 0.0379. The Morgan fingerprint density at radius 3 is 2.38 bits per heavy atom. The van der Waals surface area contributed by atoms with Crippen LogP contribution in [-0.4, -0.2) is 8.42 Å². The lowest BCUT2D eigenvalue weighted by Crippen LogP contribution is -2.30. The van der Waals surface area contributed by atoms with Gasteiger partial charge < -0.3 is 0 Å². The summed E-state index contributed by atoms with van der Waals surface area (Å²) in [6, 6.07) is 14.3. The highest BCUT2D eigenvalue weighted by molar-refractivity contribution is 7.89. The van der Waals surface area contributed by atoms with Crippen LogP contribution in [0.15, 0.2) is 59.5 Å². The van der Waals surface area contributed by atoms with Gasteiger partial charge in [-0.1, -0.05) is 36.4 Å². The maximum Gasteiger partial charge on any atom is 0.241 e. The number of halogens is 1. The molecule has 0 aromatic heterocycles. The van der Waals surface area contributed by atoms with Gasteiger partial charge in [-0.25, -0.2) is 17.5 Å². The number of rotatable bonds is 5. The third kappa shape index (κ3) is 3.31. The molecule has 0 bridgehead atoms. The van der Waals surface area contributed by atoms with Gasteiger partial charge in [-0.3, -0.25) is 0 Å². The van der Waals surface area contributed by atoms with E-state index in [1.54, 1.807) is 0 Å². The minimum atomic E-state index is -3.73. The van der Waals surface area contributed by atoms with Crippen LogP contribution in [0.5, 0.6) is 0 Å². The van der Waals surface area contributed by atoms with Gasteiger partial charge in [0.15, 0.2) is 0 Å². The fourth-order valence-electron chi connectivity index (χ4n) is 2.40. The second-order valence-corrected chi connectivity index (χ2v) is 7.02. The number of nitrogens with one attached hydrogen (secondary N) is 1. The van der Waals surface area contributed by atoms with E-state index in [9.17, 15) is 12.8 Å². The first-order chi connectivity index (χ1) is 10.1. The van der Waals surface area contributed by atoms with E-state index in [1.165, 1.54) is 18.2 Å². The fourth-order valence-corrected chi connectivity index (χ4v) is 3.72. The molecule has 3 rings (SSSR count). The fraction of sp³-hybridized carbons (Fsp3) is 0.250. The van der Waals surface area contributed by atoms with Gasteiger partial charge in [-0.15, -0.1) is 0 Å². The molecule has 21 heavy (non-hydrogen) atoms. The quantitative estimate of drug-likeness (QED) is 0.921. The van der Waals surface area contributed by atoms with E-state index in [2.05, 4.69) is 4.72 Å². The molecule has 3 nitrogen and oxygen atoms in total. The summed E-state index contributed by atoms with van der Waals surface area (Å²) in [6.07, 6.45) is 2.01. The first-order valence-electron chi connectivity index (χ1n) is 6.89. The number of hydrogen-bond acceptors (Lipinski definition) is 2. The van der Waals surface area contributed by atoms with Crippen LogP contribution in [0, 0.1) is 11.7 Å². The highest BCUT2D eigenvalue weighted by Crippen LogP contribution is 2.41. The van der Waals surface area contributed by atoms with Crippen molar-refractivity contribution >= 4 is 10.0 Å². The van der Waals surface area contributed by atoms with Crippen LogP contribution < -0.4 is 4.72 Å². The largest absolute Gasteiger partial charge is 0.241 e. The van der Waals surface area contributed by atoms with Gasteiger partial charge in [0.05, 0.1) is 4.90 Å². The lowest BCUT2D eigenvalue weighted by Gasteiger charge is -2.19. The standard InChI is InChI=1S/C16H16FNO2S/c17-14-7-4-8-15(11-14)21(19,20)18-16(13-9-10-13)12-5-2-1-3-6-12/h1-8,11,13,16,18H,9-10H2. The van der Waals surface area contributed by atoms with E-state index in [0.717, 1.165) is 24.5 Å². The van der Waals surface area contributed by atoms with Crippen molar-refractivity contribution in [2.75, 3.05) is 0 Å². The van der Waals surface area contributed by atoms with Gasteiger partial charge in [0.1, 0.15) is 5.82 Å². The monoisotopic (exact) mass is 305 g/mol. The molecule has 0 heterocycles. The van der Waals surface area contributed by atoms with Crippen LogP contribution >= 0.6 is 0 Å². The molecule has 5 heteroatoms. The summed E-state index contributed by atoms with van der Waals surface area (Å²) in [6.45, 7) is 0. The van der Waals surface area contributed by atoms with Crippen molar-refractivity contribution in [3.05, 3.63) is 66.0 Å². The molecule has 1 unspecified atom stereocenters. The molecular weight excluding hydrogens is 289 g/mol. The van der Waals surface area contributed by atoms with Crippen molar-refractivity contribution in [1.82, 2.24) is 4.72 Å². The summed E-state index contributed by atoms with van der Waals surface area (Å²) in [5.41, 5.74) is 0.944. The summed E-state index contributed by atoms with van der Waals surface area (Å²) in [4.78, 5) is -0.0379. The molecule has 110 valence electrons. The molecule has 0 radical (unpaired) electrons. The third-order valence-corrected chi connectivity index (χ3v) is 5.08. The van der Waals surface area contributed by atoms with Crippen molar-refractivity contribution < 1.29 is 12.8 Å². The first kappa shape index (κ1) is 14.2. The first-order valence-corrected chi connectivity index (χ1v) is 8.37. The van der Waals surface area contributed by atoms with Crippen molar-refractivity contribution in [3.8, 4) is 0 Å². The lowest BCUT2D eigenvalue weighted by molar-refractivity contribution is 0.528. The second kappa shape index (κ2) is 5.58. The van der Waals surface area contributed by atoms with Gasteiger partial charge in [0.2, 0.25) is 10.0 Å². The average Bonchev–Trinajstić information content (AvgIpc) is 3.30. The van der Waals surface area contributed by atoms with Crippen LogP contribution in [0.2, 0.25) is 0 Å². The Kier molecular flexibility index (Phi) is 3.78. The summed E-state index contributed by atoms with van der Waals surface area (Å²) in [5.74, 6) is -0.240. The van der Waals surface area contributed by atoms with E-state index in [0.29, 0.717) is 5.92 Å². The minimum Gasteiger partial charge on any atom is -0.207 e. The summed E-state index contributed by atoms with van der Waals surface area (Å²) >= 11 is 0. The molecule has 1 N–H and O–H groups in total. The average molecular weight is 305 g/mol. The highest BCUT2D eigenvalue weighted by Gasteiger charge is 2.35. The van der Waals surface area contributed by atoms with Gasteiger partial charge in [0, 0.05) is 6.04 Å². The zero-order valence-electron chi connectivity index (χ0n) is 11.4. The zero-order valence-corrected chi connectivity index (χ0v) is 12.2. The number of sulfonamides is 1. The van der Waals surface area contributed by atoms with Crippen LogP contribution in [0.1, 0.15) is 24.4 Å². The molecule has 2 aromatic rings. The normalized spacial score (nSPS) is 16.6. The Hall–Kier alpha value is -1.72. The van der Waals surface area contributed by atoms with Crippen molar-refractivity contribution in [1.29, 1.82) is 0 Å². The predicted molar refractivity (Wildman–Crippen MR) is 78.6 cm³/mol. The number of benzene rings is 2. The Bertz CT molecular complexity index is 727. The Morgan fingerprint density at radius 2 is 1.76 bits per heavy atom. The van der Waals surface area contributed by atoms with Crippen LogP contribution in [-0.2, 0) is 10.0 Å². The predicted octanol–water partition coefficient (Wildman–Crippen LogP) is 3.26. The Labute approximate surface area is 123 Å². The van der Waals surface area contributed by atoms with Crippen molar-refractivity contribution in [2.45, 2.75) is 23.8 Å². The van der Waals surface area contributed by atoms with Gasteiger partial charge >= 0.3 is 0 Å².